The summed E-state index contributed by atoms with van der Waals surface area (Å²) in [6.45, 7) is 4.38. The molecule has 0 unspecified atom stereocenters. The maximum Gasteiger partial charge on any atom is 0.242 e. The third-order valence-electron chi connectivity index (χ3n) is 4.51. The van der Waals surface area contributed by atoms with E-state index < -0.39 is 6.04 Å². The number of nitrogens with one attached hydrogen (secondary N) is 1. The number of hydrogen-bond acceptors (Lipinski definition) is 3. The summed E-state index contributed by atoms with van der Waals surface area (Å²) in [6.07, 6.45) is 0.733. The summed E-state index contributed by atoms with van der Waals surface area (Å²) in [5.74, 6) is 1.01. The van der Waals surface area contributed by atoms with Gasteiger partial charge in [0.2, 0.25) is 11.8 Å². The van der Waals surface area contributed by atoms with Crippen molar-refractivity contribution in [1.82, 2.24) is 10.2 Å². The van der Waals surface area contributed by atoms with Crippen LogP contribution in [-0.4, -0.2) is 42.1 Å². The van der Waals surface area contributed by atoms with Crippen LogP contribution in [0.2, 0.25) is 0 Å². The standard InChI is InChI=1S/C22H28N2O2S/c1-17-9-11-20(12-10-17)15-27-16-21(25)24(18(2)22(26)23-3)14-13-19-7-5-4-6-8-19/h4-12,18H,13-16H2,1-3H3,(H,23,26)/t18-/m1/s1. The molecule has 2 amide bonds. The largest absolute Gasteiger partial charge is 0.357 e. The quantitative estimate of drug-likeness (QED) is 0.721. The van der Waals surface area contributed by atoms with Gasteiger partial charge in [0.05, 0.1) is 5.75 Å². The van der Waals surface area contributed by atoms with E-state index in [1.54, 1.807) is 30.6 Å². The van der Waals surface area contributed by atoms with Crippen molar-refractivity contribution in [3.05, 3.63) is 71.3 Å². The monoisotopic (exact) mass is 384 g/mol. The van der Waals surface area contributed by atoms with Crippen LogP contribution in [0.1, 0.15) is 23.6 Å². The first-order valence-electron chi connectivity index (χ1n) is 9.19. The zero-order valence-corrected chi connectivity index (χ0v) is 17.1. The second kappa shape index (κ2) is 10.8. The fourth-order valence-electron chi connectivity index (χ4n) is 2.80. The van der Waals surface area contributed by atoms with Crippen molar-refractivity contribution < 1.29 is 9.59 Å². The molecule has 27 heavy (non-hydrogen) atoms. The van der Waals surface area contributed by atoms with Gasteiger partial charge in [0.1, 0.15) is 6.04 Å². The maximum atomic E-state index is 12.8. The van der Waals surface area contributed by atoms with Crippen LogP contribution >= 0.6 is 11.8 Å². The van der Waals surface area contributed by atoms with E-state index in [0.29, 0.717) is 12.3 Å². The molecule has 0 saturated heterocycles. The Labute approximate surface area is 166 Å². The molecule has 2 aromatic carbocycles. The molecule has 0 spiro atoms. The Hall–Kier alpha value is -2.27. The van der Waals surface area contributed by atoms with Crippen molar-refractivity contribution in [3.63, 3.8) is 0 Å². The van der Waals surface area contributed by atoms with E-state index >= 15 is 0 Å². The molecule has 0 aliphatic rings. The summed E-state index contributed by atoms with van der Waals surface area (Å²) in [5, 5.41) is 2.65. The number of thioether (sulfide) groups is 1. The van der Waals surface area contributed by atoms with Crippen LogP contribution in [0.3, 0.4) is 0 Å². The summed E-state index contributed by atoms with van der Waals surface area (Å²) < 4.78 is 0. The van der Waals surface area contributed by atoms with E-state index in [2.05, 4.69) is 36.5 Å². The van der Waals surface area contributed by atoms with Gasteiger partial charge in [-0.25, -0.2) is 0 Å². The Morgan fingerprint density at radius 3 is 2.33 bits per heavy atom. The lowest BCUT2D eigenvalue weighted by atomic mass is 10.1. The average Bonchev–Trinajstić information content (AvgIpc) is 2.69. The van der Waals surface area contributed by atoms with Crippen LogP contribution in [-0.2, 0) is 21.8 Å². The van der Waals surface area contributed by atoms with E-state index in [0.717, 1.165) is 17.7 Å². The second-order valence-electron chi connectivity index (χ2n) is 6.59. The molecule has 0 saturated carbocycles. The summed E-state index contributed by atoms with van der Waals surface area (Å²) in [5.41, 5.74) is 3.59. The third kappa shape index (κ3) is 6.75. The summed E-state index contributed by atoms with van der Waals surface area (Å²) in [7, 11) is 1.60. The first-order chi connectivity index (χ1) is 13.0. The molecule has 144 valence electrons. The normalized spacial score (nSPS) is 11.7. The molecule has 0 radical (unpaired) electrons. The lowest BCUT2D eigenvalue weighted by Gasteiger charge is -2.28. The number of rotatable bonds is 9. The number of likely N-dealkylation sites (N-methyl/N-ethyl adjacent to an activating group) is 1. The van der Waals surface area contributed by atoms with Crippen molar-refractivity contribution in [2.24, 2.45) is 0 Å². The number of hydrogen-bond donors (Lipinski definition) is 1. The van der Waals surface area contributed by atoms with Crippen LogP contribution in [0.25, 0.3) is 0 Å². The van der Waals surface area contributed by atoms with Crippen LogP contribution in [0, 0.1) is 6.92 Å². The van der Waals surface area contributed by atoms with Crippen LogP contribution in [0.4, 0.5) is 0 Å². The van der Waals surface area contributed by atoms with Gasteiger partial charge in [0.15, 0.2) is 0 Å². The van der Waals surface area contributed by atoms with E-state index in [1.165, 1.54) is 11.1 Å². The number of carbonyl (C=O) groups is 2. The van der Waals surface area contributed by atoms with Gasteiger partial charge in [-0.15, -0.1) is 11.8 Å². The van der Waals surface area contributed by atoms with Gasteiger partial charge in [-0.3, -0.25) is 9.59 Å². The Morgan fingerprint density at radius 1 is 1.04 bits per heavy atom. The topological polar surface area (TPSA) is 49.4 Å². The van der Waals surface area contributed by atoms with Gasteiger partial charge in [0.25, 0.3) is 0 Å². The zero-order valence-electron chi connectivity index (χ0n) is 16.3. The van der Waals surface area contributed by atoms with Gasteiger partial charge < -0.3 is 10.2 Å². The fraction of sp³-hybridized carbons (Fsp3) is 0.364. The molecule has 5 heteroatoms. The van der Waals surface area contributed by atoms with Gasteiger partial charge >= 0.3 is 0 Å². The van der Waals surface area contributed by atoms with Gasteiger partial charge in [-0.2, -0.15) is 0 Å². The van der Waals surface area contributed by atoms with Crippen LogP contribution in [0.5, 0.6) is 0 Å². The lowest BCUT2D eigenvalue weighted by Crippen LogP contribution is -2.48. The SMILES string of the molecule is CNC(=O)[C@@H](C)N(CCc1ccccc1)C(=O)CSCc1ccc(C)cc1. The summed E-state index contributed by atoms with van der Waals surface area (Å²) >= 11 is 1.58. The first kappa shape index (κ1) is 21.0. The Balaban J connectivity index is 1.94. The maximum absolute atomic E-state index is 12.8. The molecule has 0 fully saturated rings. The lowest BCUT2D eigenvalue weighted by molar-refractivity contribution is -0.137. The molecule has 1 atom stereocenters. The van der Waals surface area contributed by atoms with E-state index in [4.69, 9.17) is 0 Å². The third-order valence-corrected chi connectivity index (χ3v) is 5.50. The van der Waals surface area contributed by atoms with Crippen LogP contribution in [0.15, 0.2) is 54.6 Å². The molecule has 0 heterocycles. The predicted octanol–water partition coefficient (Wildman–Crippen LogP) is 3.43. The molecule has 0 bridgehead atoms. The minimum atomic E-state index is -0.480. The summed E-state index contributed by atoms with van der Waals surface area (Å²) in [6, 6.07) is 17.9. The van der Waals surface area contributed by atoms with Crippen LogP contribution < -0.4 is 5.32 Å². The molecular weight excluding hydrogens is 356 g/mol. The van der Waals surface area contributed by atoms with Crippen molar-refractivity contribution in [2.75, 3.05) is 19.3 Å². The minimum absolute atomic E-state index is 0.000794. The highest BCUT2D eigenvalue weighted by Gasteiger charge is 2.24. The Kier molecular flexibility index (Phi) is 8.40. The first-order valence-corrected chi connectivity index (χ1v) is 10.3. The molecular formula is C22H28N2O2S. The van der Waals surface area contributed by atoms with Crippen molar-refractivity contribution in [2.45, 2.75) is 32.1 Å². The molecule has 2 aromatic rings. The van der Waals surface area contributed by atoms with Crippen molar-refractivity contribution >= 4 is 23.6 Å². The number of carbonyl (C=O) groups excluding carboxylic acids is 2. The van der Waals surface area contributed by atoms with Gasteiger partial charge in [0, 0.05) is 19.3 Å². The average molecular weight is 385 g/mol. The van der Waals surface area contributed by atoms with E-state index in [9.17, 15) is 9.59 Å². The van der Waals surface area contributed by atoms with E-state index in [1.807, 2.05) is 30.3 Å². The molecule has 4 nitrogen and oxygen atoms in total. The molecule has 0 aromatic heterocycles. The number of aryl methyl sites for hydroxylation is 1. The second-order valence-corrected chi connectivity index (χ2v) is 7.58. The minimum Gasteiger partial charge on any atom is -0.357 e. The van der Waals surface area contributed by atoms with Crippen molar-refractivity contribution in [1.29, 1.82) is 0 Å². The highest BCUT2D eigenvalue weighted by molar-refractivity contribution is 7.99. The predicted molar refractivity (Wildman–Crippen MR) is 113 cm³/mol. The van der Waals surface area contributed by atoms with Gasteiger partial charge in [-0.1, -0.05) is 60.2 Å². The molecule has 2 rings (SSSR count). The van der Waals surface area contributed by atoms with Crippen molar-refractivity contribution in [3.8, 4) is 0 Å². The smallest absolute Gasteiger partial charge is 0.242 e. The fourth-order valence-corrected chi connectivity index (χ4v) is 3.67. The Bertz CT molecular complexity index is 732. The molecule has 1 N–H and O–H groups in total. The zero-order chi connectivity index (χ0) is 19.6. The number of amides is 2. The molecule has 0 aliphatic carbocycles. The van der Waals surface area contributed by atoms with E-state index in [-0.39, 0.29) is 11.8 Å². The number of nitrogens with zero attached hydrogens (tertiary/aromatic N) is 1. The highest BCUT2D eigenvalue weighted by Crippen LogP contribution is 2.15. The van der Waals surface area contributed by atoms with Gasteiger partial charge in [-0.05, 0) is 31.4 Å². The highest BCUT2D eigenvalue weighted by atomic mass is 32.2. The summed E-state index contributed by atoms with van der Waals surface area (Å²) in [4.78, 5) is 26.6. The molecule has 0 aliphatic heterocycles. The Morgan fingerprint density at radius 2 is 1.70 bits per heavy atom. The number of benzene rings is 2.